The van der Waals surface area contributed by atoms with Crippen molar-refractivity contribution in [3.05, 3.63) is 33.7 Å². The number of urea groups is 1. The second kappa shape index (κ2) is 7.77. The predicted octanol–water partition coefficient (Wildman–Crippen LogP) is 3.95. The minimum atomic E-state index is -2.27. The number of nitrogens with one attached hydrogen (secondary N) is 1. The lowest BCUT2D eigenvalue weighted by molar-refractivity contribution is 0.0783. The number of carbonyl (C=O) groups is 1. The predicted molar refractivity (Wildman–Crippen MR) is 114 cm³/mol. The molecule has 2 aromatic heterocycles. The maximum atomic E-state index is 12.6. The number of aryl methyl sites for hydroxylation is 2. The van der Waals surface area contributed by atoms with Gasteiger partial charge in [-0.25, -0.2) is 14.0 Å². The Labute approximate surface area is 176 Å². The molecule has 29 heavy (non-hydrogen) atoms. The van der Waals surface area contributed by atoms with Crippen LogP contribution >= 0.6 is 11.3 Å². The lowest BCUT2D eigenvalue weighted by Gasteiger charge is -2.17. The van der Waals surface area contributed by atoms with Crippen LogP contribution in [0.2, 0.25) is 0 Å². The number of carbonyl (C=O) groups excluding carboxylic acids is 1. The van der Waals surface area contributed by atoms with E-state index in [2.05, 4.69) is 21.6 Å². The van der Waals surface area contributed by atoms with Gasteiger partial charge in [0, 0.05) is 17.0 Å². The van der Waals surface area contributed by atoms with Gasteiger partial charge in [-0.1, -0.05) is 6.92 Å². The highest BCUT2D eigenvalue weighted by atomic mass is 32.2. The number of nitrogens with zero attached hydrogens (tertiary/aromatic N) is 3. The van der Waals surface area contributed by atoms with E-state index in [-0.39, 0.29) is 0 Å². The third kappa shape index (κ3) is 4.22. The van der Waals surface area contributed by atoms with E-state index in [1.165, 1.54) is 6.20 Å². The Morgan fingerprint density at radius 3 is 2.79 bits per heavy atom. The molecule has 0 bridgehead atoms. The molecule has 1 fully saturated rings. The number of hydrogen-bond donors (Lipinski definition) is 3. The molecule has 2 amide bonds. The Morgan fingerprint density at radius 2 is 2.17 bits per heavy atom. The molecule has 156 valence electrons. The Bertz CT molecular complexity index is 1040. The topological polar surface area (TPSA) is 105 Å². The highest BCUT2D eigenvalue weighted by molar-refractivity contribution is 7.78. The standard InChI is InChI=1S/C20H26N4O3S2/c1-4-13-16(11-8-9-11)17(12-6-5-7-14(12)22-13)23-19(25)24-29(27)15-10-21-18(28-15)20(2,3)26/h10-11,26,29H,4-9H2,1-3H3,(H,22,23,25). The van der Waals surface area contributed by atoms with Crippen molar-refractivity contribution >= 4 is 33.7 Å². The first-order chi connectivity index (χ1) is 13.8. The highest BCUT2D eigenvalue weighted by Gasteiger charge is 2.33. The van der Waals surface area contributed by atoms with E-state index in [4.69, 9.17) is 4.98 Å². The highest BCUT2D eigenvalue weighted by Crippen LogP contribution is 2.47. The Hall–Kier alpha value is -1.84. The molecule has 1 saturated carbocycles. The third-order valence-electron chi connectivity index (χ3n) is 5.28. The van der Waals surface area contributed by atoms with Crippen molar-refractivity contribution in [2.75, 3.05) is 5.32 Å². The van der Waals surface area contributed by atoms with Crippen molar-refractivity contribution in [1.82, 2.24) is 9.97 Å². The van der Waals surface area contributed by atoms with Crippen molar-refractivity contribution in [3.63, 3.8) is 0 Å². The normalized spacial score (nSPS) is 17.4. The Balaban J connectivity index is 1.63. The zero-order chi connectivity index (χ0) is 20.8. The number of aliphatic hydroxyl groups is 1. The number of anilines is 1. The second-order valence-corrected chi connectivity index (χ2v) is 10.7. The summed E-state index contributed by atoms with van der Waals surface area (Å²) in [7, 11) is -2.27. The van der Waals surface area contributed by atoms with Crippen molar-refractivity contribution in [3.8, 4) is 0 Å². The molecule has 0 radical (unpaired) electrons. The molecule has 0 saturated heterocycles. The first kappa shape index (κ1) is 20.4. The van der Waals surface area contributed by atoms with E-state index < -0.39 is 22.2 Å². The van der Waals surface area contributed by atoms with Gasteiger partial charge >= 0.3 is 6.03 Å². The number of fused-ring (bicyclic) bond motifs is 1. The number of rotatable bonds is 5. The number of aromatic nitrogens is 2. The van der Waals surface area contributed by atoms with E-state index in [0.29, 0.717) is 15.1 Å². The van der Waals surface area contributed by atoms with Gasteiger partial charge in [-0.15, -0.1) is 15.7 Å². The quantitative estimate of drug-likeness (QED) is 0.618. The maximum absolute atomic E-state index is 12.6. The van der Waals surface area contributed by atoms with E-state index in [1.54, 1.807) is 13.8 Å². The zero-order valence-corrected chi connectivity index (χ0v) is 18.6. The lowest BCUT2D eigenvalue weighted by atomic mass is 9.99. The zero-order valence-electron chi connectivity index (χ0n) is 16.9. The van der Waals surface area contributed by atoms with Gasteiger partial charge in [0.1, 0.15) is 14.8 Å². The summed E-state index contributed by atoms with van der Waals surface area (Å²) in [5, 5.41) is 13.4. The SMILES string of the molecule is CCc1nc2c(c(NC(=O)/N=[SH](=O)/c3cnc(C(C)(C)O)s3)c1C1CC1)CCC2. The summed E-state index contributed by atoms with van der Waals surface area (Å²) in [5.74, 6) is 0.447. The van der Waals surface area contributed by atoms with Crippen LogP contribution in [0.5, 0.6) is 0 Å². The molecule has 1 unspecified atom stereocenters. The molecule has 0 aliphatic heterocycles. The van der Waals surface area contributed by atoms with Crippen molar-refractivity contribution in [2.45, 2.75) is 75.0 Å². The minimum absolute atomic E-state index is 0.379. The number of pyridine rings is 1. The van der Waals surface area contributed by atoms with Crippen molar-refractivity contribution < 1.29 is 14.1 Å². The summed E-state index contributed by atoms with van der Waals surface area (Å²) >= 11 is 1.11. The second-order valence-electron chi connectivity index (χ2n) is 8.12. The molecule has 2 N–H and O–H groups in total. The summed E-state index contributed by atoms with van der Waals surface area (Å²) in [6.45, 7) is 5.31. The largest absolute Gasteiger partial charge is 0.383 e. The van der Waals surface area contributed by atoms with Crippen LogP contribution in [0, 0.1) is 0 Å². The first-order valence-electron chi connectivity index (χ1n) is 10.0. The van der Waals surface area contributed by atoms with Gasteiger partial charge in [0.2, 0.25) is 0 Å². The summed E-state index contributed by atoms with van der Waals surface area (Å²) in [6, 6.07) is -0.603. The van der Waals surface area contributed by atoms with Crippen LogP contribution in [-0.2, 0) is 35.5 Å². The average Bonchev–Trinajstić information content (AvgIpc) is 3.17. The van der Waals surface area contributed by atoms with Crippen LogP contribution in [0.25, 0.3) is 0 Å². The fourth-order valence-corrected chi connectivity index (χ4v) is 5.60. The number of thiazole rings is 1. The monoisotopic (exact) mass is 434 g/mol. The third-order valence-corrected chi connectivity index (χ3v) is 7.99. The van der Waals surface area contributed by atoms with Gasteiger partial charge in [0.25, 0.3) is 0 Å². The van der Waals surface area contributed by atoms with Gasteiger partial charge in [-0.3, -0.25) is 4.98 Å². The van der Waals surface area contributed by atoms with E-state index >= 15 is 0 Å². The molecule has 2 aliphatic rings. The van der Waals surface area contributed by atoms with Gasteiger partial charge in [-0.2, -0.15) is 0 Å². The van der Waals surface area contributed by atoms with Crippen LogP contribution in [0.4, 0.5) is 10.5 Å². The van der Waals surface area contributed by atoms with E-state index in [0.717, 1.165) is 78.1 Å². The summed E-state index contributed by atoms with van der Waals surface area (Å²) in [4.78, 5) is 21.6. The van der Waals surface area contributed by atoms with Crippen LogP contribution in [0.3, 0.4) is 0 Å². The van der Waals surface area contributed by atoms with Gasteiger partial charge < -0.3 is 10.4 Å². The fraction of sp³-hybridized carbons (Fsp3) is 0.550. The molecule has 0 spiro atoms. The number of hydrogen-bond acceptors (Lipinski definition) is 6. The molecule has 7 nitrogen and oxygen atoms in total. The number of amides is 2. The minimum Gasteiger partial charge on any atom is -0.383 e. The summed E-state index contributed by atoms with van der Waals surface area (Å²) in [5.41, 5.74) is 4.13. The van der Waals surface area contributed by atoms with E-state index in [9.17, 15) is 14.1 Å². The van der Waals surface area contributed by atoms with Crippen LogP contribution in [0.1, 0.15) is 73.5 Å². The maximum Gasteiger partial charge on any atom is 0.353 e. The molecule has 1 atom stereocenters. The van der Waals surface area contributed by atoms with Gasteiger partial charge in [0.05, 0.1) is 22.5 Å². The molecule has 9 heteroatoms. The molecular weight excluding hydrogens is 408 g/mol. The molecule has 2 aromatic rings. The summed E-state index contributed by atoms with van der Waals surface area (Å²) < 4.78 is 16.8. The summed E-state index contributed by atoms with van der Waals surface area (Å²) in [6.07, 6.45) is 7.34. The van der Waals surface area contributed by atoms with Crippen molar-refractivity contribution in [1.29, 1.82) is 0 Å². The van der Waals surface area contributed by atoms with E-state index in [1.807, 2.05) is 0 Å². The Kier molecular flexibility index (Phi) is 5.48. The fourth-order valence-electron chi connectivity index (χ4n) is 3.78. The van der Waals surface area contributed by atoms with Crippen molar-refractivity contribution in [2.24, 2.45) is 4.36 Å². The molecule has 0 aromatic carbocycles. The molecule has 2 aliphatic carbocycles. The lowest BCUT2D eigenvalue weighted by Crippen LogP contribution is -2.14. The first-order valence-corrected chi connectivity index (χ1v) is 12.0. The van der Waals surface area contributed by atoms with Crippen LogP contribution < -0.4 is 5.32 Å². The van der Waals surface area contributed by atoms with Crippen LogP contribution in [-0.4, -0.2) is 25.3 Å². The van der Waals surface area contributed by atoms with Gasteiger partial charge in [0.15, 0.2) is 0 Å². The average molecular weight is 435 g/mol. The van der Waals surface area contributed by atoms with Gasteiger partial charge in [-0.05, 0) is 63.9 Å². The molecular formula is C20H26N4O3S2. The molecule has 4 rings (SSSR count). The number of thiol groups is 1. The molecule has 2 heterocycles. The Morgan fingerprint density at radius 1 is 1.41 bits per heavy atom. The smallest absolute Gasteiger partial charge is 0.353 e. The van der Waals surface area contributed by atoms with Crippen LogP contribution in [0.15, 0.2) is 14.8 Å².